The fraction of sp³-hybridized carbons (Fsp3) is 0.733. The van der Waals surface area contributed by atoms with Crippen LogP contribution in [0.5, 0.6) is 0 Å². The van der Waals surface area contributed by atoms with Crippen LogP contribution in [0.1, 0.15) is 25.1 Å². The van der Waals surface area contributed by atoms with Crippen LogP contribution in [0, 0.1) is 0 Å². The largest absolute Gasteiger partial charge is 0.379 e. The molecule has 124 valence electrons. The summed E-state index contributed by atoms with van der Waals surface area (Å²) in [5.41, 5.74) is 2.17. The molecule has 0 aromatic carbocycles. The maximum Gasteiger partial charge on any atom is 0.320 e. The van der Waals surface area contributed by atoms with Crippen LogP contribution in [0.25, 0.3) is 0 Å². The van der Waals surface area contributed by atoms with Gasteiger partial charge in [0.15, 0.2) is 0 Å². The summed E-state index contributed by atoms with van der Waals surface area (Å²) in [5, 5.41) is 10.3. The van der Waals surface area contributed by atoms with Crippen molar-refractivity contribution < 1.29 is 9.53 Å². The molecule has 1 aliphatic rings. The molecular formula is C15H27N5O2. The third kappa shape index (κ3) is 4.20. The number of anilines is 1. The van der Waals surface area contributed by atoms with Crippen LogP contribution < -0.4 is 10.6 Å². The first-order chi connectivity index (χ1) is 10.7. The number of carbonyl (C=O) groups is 1. The van der Waals surface area contributed by atoms with Gasteiger partial charge >= 0.3 is 6.03 Å². The molecule has 2 heterocycles. The predicted octanol–water partition coefficient (Wildman–Crippen LogP) is 0.999. The standard InChI is InChI=1S/C15H27N5O2/c1-4-12-13(5-2)18-19(3)14(12)17-15(21)16-6-7-20-8-10-22-11-9-20/h4-11H2,1-3H3,(H2,16,17,21). The highest BCUT2D eigenvalue weighted by Gasteiger charge is 2.16. The molecule has 0 radical (unpaired) electrons. The maximum atomic E-state index is 12.1. The van der Waals surface area contributed by atoms with Gasteiger partial charge in [-0.15, -0.1) is 0 Å². The number of nitrogens with one attached hydrogen (secondary N) is 2. The highest BCUT2D eigenvalue weighted by Crippen LogP contribution is 2.20. The molecule has 7 nitrogen and oxygen atoms in total. The van der Waals surface area contributed by atoms with Crippen molar-refractivity contribution in [2.45, 2.75) is 26.7 Å². The number of morpholine rings is 1. The minimum Gasteiger partial charge on any atom is -0.379 e. The first-order valence-corrected chi connectivity index (χ1v) is 8.05. The average Bonchev–Trinajstić information content (AvgIpc) is 2.83. The zero-order valence-corrected chi connectivity index (χ0v) is 13.8. The molecule has 1 aliphatic heterocycles. The Morgan fingerprint density at radius 1 is 1.27 bits per heavy atom. The van der Waals surface area contributed by atoms with Crippen molar-refractivity contribution in [1.29, 1.82) is 0 Å². The minimum atomic E-state index is -0.173. The second-order valence-corrected chi connectivity index (χ2v) is 5.44. The number of nitrogens with zero attached hydrogens (tertiary/aromatic N) is 3. The maximum absolute atomic E-state index is 12.1. The molecule has 2 N–H and O–H groups in total. The van der Waals surface area contributed by atoms with Crippen LogP contribution >= 0.6 is 0 Å². The van der Waals surface area contributed by atoms with Crippen molar-refractivity contribution in [2.75, 3.05) is 44.7 Å². The van der Waals surface area contributed by atoms with Crippen LogP contribution in [0.3, 0.4) is 0 Å². The Hall–Kier alpha value is -1.60. The lowest BCUT2D eigenvalue weighted by atomic mass is 10.1. The Morgan fingerprint density at radius 3 is 2.64 bits per heavy atom. The van der Waals surface area contributed by atoms with Crippen molar-refractivity contribution in [3.63, 3.8) is 0 Å². The zero-order valence-electron chi connectivity index (χ0n) is 13.8. The highest BCUT2D eigenvalue weighted by atomic mass is 16.5. The van der Waals surface area contributed by atoms with Gasteiger partial charge in [0.05, 0.1) is 18.9 Å². The van der Waals surface area contributed by atoms with Crippen LogP contribution in [0.4, 0.5) is 10.6 Å². The molecule has 1 aromatic heterocycles. The lowest BCUT2D eigenvalue weighted by molar-refractivity contribution is 0.0388. The zero-order chi connectivity index (χ0) is 15.9. The van der Waals surface area contributed by atoms with E-state index in [4.69, 9.17) is 4.74 Å². The van der Waals surface area contributed by atoms with Crippen molar-refractivity contribution in [3.8, 4) is 0 Å². The number of hydrogen-bond donors (Lipinski definition) is 2. The number of hydrogen-bond acceptors (Lipinski definition) is 4. The number of carbonyl (C=O) groups excluding carboxylic acids is 1. The summed E-state index contributed by atoms with van der Waals surface area (Å²) < 4.78 is 7.06. The SMILES string of the molecule is CCc1nn(C)c(NC(=O)NCCN2CCOCC2)c1CC. The second kappa shape index (κ2) is 8.14. The summed E-state index contributed by atoms with van der Waals surface area (Å²) in [6.45, 7) is 9.07. The van der Waals surface area contributed by atoms with E-state index >= 15 is 0 Å². The fourth-order valence-corrected chi connectivity index (χ4v) is 2.74. The summed E-state index contributed by atoms with van der Waals surface area (Å²) in [5.74, 6) is 0.795. The van der Waals surface area contributed by atoms with Gasteiger partial charge in [-0.25, -0.2) is 4.79 Å². The summed E-state index contributed by atoms with van der Waals surface area (Å²) in [6, 6.07) is -0.173. The molecule has 0 saturated carbocycles. The molecular weight excluding hydrogens is 282 g/mol. The van der Waals surface area contributed by atoms with Crippen LogP contribution in [-0.2, 0) is 24.6 Å². The molecule has 2 amide bonds. The topological polar surface area (TPSA) is 71.4 Å². The number of amides is 2. The number of aromatic nitrogens is 2. The van der Waals surface area contributed by atoms with Crippen molar-refractivity contribution in [3.05, 3.63) is 11.3 Å². The number of rotatable bonds is 6. The molecule has 7 heteroatoms. The Labute approximate surface area is 132 Å². The molecule has 2 rings (SSSR count). The Kier molecular flexibility index (Phi) is 6.21. The molecule has 1 fully saturated rings. The van der Waals surface area contributed by atoms with Crippen LogP contribution in [0.2, 0.25) is 0 Å². The average molecular weight is 309 g/mol. The minimum absolute atomic E-state index is 0.173. The third-order valence-corrected chi connectivity index (χ3v) is 3.97. The summed E-state index contributed by atoms with van der Waals surface area (Å²) >= 11 is 0. The monoisotopic (exact) mass is 309 g/mol. The highest BCUT2D eigenvalue weighted by molar-refractivity contribution is 5.89. The van der Waals surface area contributed by atoms with Crippen molar-refractivity contribution in [2.24, 2.45) is 7.05 Å². The first-order valence-electron chi connectivity index (χ1n) is 8.05. The van der Waals surface area contributed by atoms with Gasteiger partial charge in [-0.1, -0.05) is 13.8 Å². The van der Waals surface area contributed by atoms with E-state index in [-0.39, 0.29) is 6.03 Å². The van der Waals surface area contributed by atoms with E-state index in [0.717, 1.165) is 62.8 Å². The number of aryl methyl sites for hydroxylation is 2. The number of urea groups is 1. The van der Waals surface area contributed by atoms with Gasteiger partial charge in [0, 0.05) is 38.8 Å². The summed E-state index contributed by atoms with van der Waals surface area (Å²) in [7, 11) is 1.86. The van der Waals surface area contributed by atoms with Crippen molar-refractivity contribution in [1.82, 2.24) is 20.0 Å². The van der Waals surface area contributed by atoms with E-state index in [2.05, 4.69) is 34.5 Å². The smallest absolute Gasteiger partial charge is 0.320 e. The van der Waals surface area contributed by atoms with E-state index in [1.165, 1.54) is 0 Å². The second-order valence-electron chi connectivity index (χ2n) is 5.44. The molecule has 0 unspecified atom stereocenters. The molecule has 0 spiro atoms. The van der Waals surface area contributed by atoms with E-state index in [9.17, 15) is 4.79 Å². The molecule has 0 atom stereocenters. The van der Waals surface area contributed by atoms with Gasteiger partial charge in [-0.05, 0) is 12.8 Å². The number of ether oxygens (including phenoxy) is 1. The van der Waals surface area contributed by atoms with Crippen LogP contribution in [-0.4, -0.2) is 60.1 Å². The lowest BCUT2D eigenvalue weighted by Gasteiger charge is -2.26. The normalized spacial score (nSPS) is 15.8. The van der Waals surface area contributed by atoms with Gasteiger partial charge in [-0.2, -0.15) is 5.10 Å². The lowest BCUT2D eigenvalue weighted by Crippen LogP contribution is -2.42. The Morgan fingerprint density at radius 2 is 2.00 bits per heavy atom. The molecule has 0 bridgehead atoms. The van der Waals surface area contributed by atoms with Gasteiger partial charge in [-0.3, -0.25) is 14.9 Å². The van der Waals surface area contributed by atoms with Gasteiger partial charge < -0.3 is 10.1 Å². The fourth-order valence-electron chi connectivity index (χ4n) is 2.74. The van der Waals surface area contributed by atoms with Gasteiger partial charge in [0.25, 0.3) is 0 Å². The van der Waals surface area contributed by atoms with Crippen LogP contribution in [0.15, 0.2) is 0 Å². The molecule has 1 aromatic rings. The van der Waals surface area contributed by atoms with Crippen molar-refractivity contribution >= 4 is 11.8 Å². The quantitative estimate of drug-likeness (QED) is 0.822. The Bertz CT molecular complexity index is 494. The van der Waals surface area contributed by atoms with Gasteiger partial charge in [0.2, 0.25) is 0 Å². The van der Waals surface area contributed by atoms with E-state index in [1.54, 1.807) is 4.68 Å². The van der Waals surface area contributed by atoms with Gasteiger partial charge in [0.1, 0.15) is 5.82 Å². The molecule has 1 saturated heterocycles. The molecule has 0 aliphatic carbocycles. The summed E-state index contributed by atoms with van der Waals surface area (Å²) in [6.07, 6.45) is 1.73. The van der Waals surface area contributed by atoms with E-state index in [0.29, 0.717) is 6.54 Å². The van der Waals surface area contributed by atoms with E-state index in [1.807, 2.05) is 7.05 Å². The predicted molar refractivity (Wildman–Crippen MR) is 86.2 cm³/mol. The summed E-state index contributed by atoms with van der Waals surface area (Å²) in [4.78, 5) is 14.4. The first kappa shape index (κ1) is 16.8. The van der Waals surface area contributed by atoms with E-state index < -0.39 is 0 Å². The Balaban J connectivity index is 1.82. The third-order valence-electron chi connectivity index (χ3n) is 3.97. The molecule has 22 heavy (non-hydrogen) atoms.